The molecule has 2 N–H and O–H groups in total. The molecule has 2 atom stereocenters. The van der Waals surface area contributed by atoms with Gasteiger partial charge in [0.05, 0.1) is 35.8 Å². The highest BCUT2D eigenvalue weighted by Crippen LogP contribution is 2.38. The number of likely N-dealkylation sites (tertiary alicyclic amines) is 1. The second kappa shape index (κ2) is 9.48. The number of aromatic nitrogens is 2. The van der Waals surface area contributed by atoms with Gasteiger partial charge in [0.2, 0.25) is 0 Å². The first-order valence-electron chi connectivity index (χ1n) is 13.3. The highest BCUT2D eigenvalue weighted by Gasteiger charge is 2.39. The van der Waals surface area contributed by atoms with Gasteiger partial charge in [0, 0.05) is 18.5 Å². The number of H-pyrrole nitrogens is 1. The van der Waals surface area contributed by atoms with Crippen molar-refractivity contribution < 1.29 is 14.6 Å². The van der Waals surface area contributed by atoms with E-state index in [0.29, 0.717) is 39.1 Å². The molecule has 2 aliphatic rings. The van der Waals surface area contributed by atoms with Gasteiger partial charge >= 0.3 is 6.03 Å². The number of nitrogens with zero attached hydrogens (tertiary/aromatic N) is 3. The molecule has 3 aromatic carbocycles. The zero-order chi connectivity index (χ0) is 26.4. The van der Waals surface area contributed by atoms with Crippen molar-refractivity contribution in [3.05, 3.63) is 83.2 Å². The van der Waals surface area contributed by atoms with Crippen LogP contribution < -0.4 is 4.74 Å². The molecular weight excluding hydrogens is 476 g/mol. The lowest BCUT2D eigenvalue weighted by atomic mass is 9.85. The Morgan fingerprint density at radius 2 is 1.89 bits per heavy atom. The smallest absolute Gasteiger partial charge is 0.320 e. The summed E-state index contributed by atoms with van der Waals surface area (Å²) in [7, 11) is 0. The molecule has 1 saturated heterocycles. The number of amides is 2. The second-order valence-corrected chi connectivity index (χ2v) is 11.0. The van der Waals surface area contributed by atoms with E-state index in [-0.39, 0.29) is 12.1 Å². The van der Waals surface area contributed by atoms with Crippen molar-refractivity contribution >= 4 is 17.1 Å². The van der Waals surface area contributed by atoms with Crippen molar-refractivity contribution in [3.8, 4) is 16.9 Å². The molecule has 0 radical (unpaired) electrons. The van der Waals surface area contributed by atoms with Crippen LogP contribution in [0.4, 0.5) is 4.79 Å². The lowest BCUT2D eigenvalue weighted by molar-refractivity contribution is -0.0256. The standard InChI is InChI=1S/C31H34N4O3/c1-20-15-24(23-9-10-26-27(17-23)33-21(2)32-26)16-25-19-34(13-14-38-29(20)25)30(36)35-12-11-31(3,37)18-28(35)22-7-5-4-6-8-22/h4-10,15-17,28,37H,11-14,18-19H2,1-3H3,(H,32,33)/t28-,31+/m1/s1. The molecule has 6 rings (SSSR count). The van der Waals surface area contributed by atoms with E-state index in [0.717, 1.165) is 50.4 Å². The average Bonchev–Trinajstić information content (AvgIpc) is 3.13. The maximum Gasteiger partial charge on any atom is 0.320 e. The Morgan fingerprint density at radius 1 is 1.08 bits per heavy atom. The van der Waals surface area contributed by atoms with Crippen molar-refractivity contribution in [2.75, 3.05) is 19.7 Å². The van der Waals surface area contributed by atoms with Gasteiger partial charge in [0.1, 0.15) is 18.2 Å². The molecule has 0 saturated carbocycles. The highest BCUT2D eigenvalue weighted by atomic mass is 16.5. The fourth-order valence-electron chi connectivity index (χ4n) is 5.89. The van der Waals surface area contributed by atoms with Crippen molar-refractivity contribution in [1.29, 1.82) is 0 Å². The summed E-state index contributed by atoms with van der Waals surface area (Å²) >= 11 is 0. The Balaban J connectivity index is 1.31. The Kier molecular flexibility index (Phi) is 6.11. The first kappa shape index (κ1) is 24.5. The Hall–Kier alpha value is -3.84. The summed E-state index contributed by atoms with van der Waals surface area (Å²) in [5.74, 6) is 1.76. The maximum atomic E-state index is 14.0. The largest absolute Gasteiger partial charge is 0.491 e. The van der Waals surface area contributed by atoms with Crippen LogP contribution in [0.5, 0.6) is 5.75 Å². The zero-order valence-corrected chi connectivity index (χ0v) is 22.2. The van der Waals surface area contributed by atoms with Crippen LogP contribution in [0, 0.1) is 13.8 Å². The number of fused-ring (bicyclic) bond motifs is 2. The predicted octanol–water partition coefficient (Wildman–Crippen LogP) is 5.75. The number of carbonyl (C=O) groups is 1. The van der Waals surface area contributed by atoms with Crippen molar-refractivity contribution in [2.24, 2.45) is 0 Å². The number of benzene rings is 3. The van der Waals surface area contributed by atoms with Gasteiger partial charge in [-0.3, -0.25) is 0 Å². The number of piperidine rings is 1. The molecule has 2 amide bonds. The van der Waals surface area contributed by atoms with Crippen LogP contribution in [-0.2, 0) is 6.54 Å². The van der Waals surface area contributed by atoms with E-state index in [2.05, 4.69) is 47.2 Å². The summed E-state index contributed by atoms with van der Waals surface area (Å²) in [5.41, 5.74) is 6.43. The van der Waals surface area contributed by atoms with Gasteiger partial charge in [-0.25, -0.2) is 9.78 Å². The minimum Gasteiger partial charge on any atom is -0.491 e. The summed E-state index contributed by atoms with van der Waals surface area (Å²) in [6.45, 7) is 7.83. The zero-order valence-electron chi connectivity index (χ0n) is 22.2. The summed E-state index contributed by atoms with van der Waals surface area (Å²) in [6, 6.07) is 20.4. The maximum absolute atomic E-state index is 14.0. The molecule has 0 unspecified atom stereocenters. The van der Waals surface area contributed by atoms with Crippen LogP contribution in [0.3, 0.4) is 0 Å². The third kappa shape index (κ3) is 4.63. The van der Waals surface area contributed by atoms with Gasteiger partial charge in [0.15, 0.2) is 0 Å². The fraction of sp³-hybridized carbons (Fsp3) is 0.355. The number of aromatic amines is 1. The number of nitrogens with one attached hydrogen (secondary N) is 1. The van der Waals surface area contributed by atoms with Crippen LogP contribution in [0.1, 0.15) is 48.3 Å². The minimum absolute atomic E-state index is 0.0118. The Bertz CT molecular complexity index is 1490. The molecule has 2 aliphatic heterocycles. The van der Waals surface area contributed by atoms with E-state index >= 15 is 0 Å². The number of imidazole rings is 1. The highest BCUT2D eigenvalue weighted by molar-refractivity contribution is 5.83. The van der Waals surface area contributed by atoms with Crippen LogP contribution >= 0.6 is 0 Å². The average molecular weight is 511 g/mol. The molecule has 196 valence electrons. The predicted molar refractivity (Wildman–Crippen MR) is 148 cm³/mol. The lowest BCUT2D eigenvalue weighted by Gasteiger charge is -2.44. The van der Waals surface area contributed by atoms with Gasteiger partial charge in [-0.2, -0.15) is 0 Å². The third-order valence-corrected chi connectivity index (χ3v) is 7.86. The van der Waals surface area contributed by atoms with Gasteiger partial charge in [-0.15, -0.1) is 0 Å². The lowest BCUT2D eigenvalue weighted by Crippen LogP contribution is -2.51. The third-order valence-electron chi connectivity index (χ3n) is 7.86. The number of ether oxygens (including phenoxy) is 1. The number of aliphatic hydroxyl groups is 1. The van der Waals surface area contributed by atoms with Crippen LogP contribution in [0.25, 0.3) is 22.2 Å². The number of carbonyl (C=O) groups excluding carboxylic acids is 1. The van der Waals surface area contributed by atoms with Crippen molar-refractivity contribution in [2.45, 2.75) is 51.8 Å². The fourth-order valence-corrected chi connectivity index (χ4v) is 5.89. The molecular formula is C31H34N4O3. The van der Waals surface area contributed by atoms with Crippen LogP contribution in [-0.4, -0.2) is 56.2 Å². The Morgan fingerprint density at radius 3 is 2.71 bits per heavy atom. The number of rotatable bonds is 2. The second-order valence-electron chi connectivity index (χ2n) is 11.0. The minimum atomic E-state index is -0.800. The molecule has 0 aliphatic carbocycles. The molecule has 1 aromatic heterocycles. The molecule has 7 heteroatoms. The summed E-state index contributed by atoms with van der Waals surface area (Å²) in [6.07, 6.45) is 1.07. The molecule has 0 bridgehead atoms. The van der Waals surface area contributed by atoms with Gasteiger partial charge in [-0.05, 0) is 73.7 Å². The summed E-state index contributed by atoms with van der Waals surface area (Å²) in [4.78, 5) is 25.7. The topological polar surface area (TPSA) is 81.7 Å². The quantitative estimate of drug-likeness (QED) is 0.360. The SMILES string of the molecule is Cc1nc2cc(-c3cc(C)c4c(c3)CN(C(=O)N3CC[C@](C)(O)C[C@@H]3c3ccccc3)CCO4)ccc2[nH]1. The molecule has 7 nitrogen and oxygen atoms in total. The van der Waals surface area contributed by atoms with E-state index in [4.69, 9.17) is 4.74 Å². The number of urea groups is 1. The Labute approximate surface area is 223 Å². The first-order valence-corrected chi connectivity index (χ1v) is 13.3. The molecule has 4 aromatic rings. The van der Waals surface area contributed by atoms with E-state index in [1.807, 2.05) is 54.0 Å². The van der Waals surface area contributed by atoms with Crippen LogP contribution in [0.15, 0.2) is 60.7 Å². The van der Waals surface area contributed by atoms with Crippen LogP contribution in [0.2, 0.25) is 0 Å². The summed E-state index contributed by atoms with van der Waals surface area (Å²) in [5, 5.41) is 10.8. The number of aryl methyl sites for hydroxylation is 2. The number of hydrogen-bond acceptors (Lipinski definition) is 4. The monoisotopic (exact) mass is 510 g/mol. The van der Waals surface area contributed by atoms with E-state index in [9.17, 15) is 9.90 Å². The van der Waals surface area contributed by atoms with E-state index in [1.165, 1.54) is 0 Å². The van der Waals surface area contributed by atoms with E-state index < -0.39 is 5.60 Å². The van der Waals surface area contributed by atoms with Crippen molar-refractivity contribution in [3.63, 3.8) is 0 Å². The first-order chi connectivity index (χ1) is 18.3. The summed E-state index contributed by atoms with van der Waals surface area (Å²) < 4.78 is 6.19. The normalized spacial score (nSPS) is 21.6. The molecule has 1 fully saturated rings. The van der Waals surface area contributed by atoms with Gasteiger partial charge < -0.3 is 24.6 Å². The number of hydrogen-bond donors (Lipinski definition) is 2. The van der Waals surface area contributed by atoms with Crippen molar-refractivity contribution in [1.82, 2.24) is 19.8 Å². The molecule has 38 heavy (non-hydrogen) atoms. The van der Waals surface area contributed by atoms with E-state index in [1.54, 1.807) is 0 Å². The molecule has 0 spiro atoms. The van der Waals surface area contributed by atoms with Gasteiger partial charge in [-0.1, -0.05) is 36.4 Å². The van der Waals surface area contributed by atoms with Gasteiger partial charge in [0.25, 0.3) is 0 Å². The molecule has 3 heterocycles.